The molecule has 2 rings (SSSR count). The lowest BCUT2D eigenvalue weighted by molar-refractivity contribution is 0.274. The van der Waals surface area contributed by atoms with Crippen molar-refractivity contribution in [3.05, 3.63) is 17.0 Å². The van der Waals surface area contributed by atoms with Crippen LogP contribution in [0.4, 0.5) is 0 Å². The molecular formula is C8H15Cl2N3O. The minimum Gasteiger partial charge on any atom is -0.390 e. The Hall–Kier alpha value is -0.290. The maximum atomic E-state index is 9.01. The topological polar surface area (TPSA) is 50.1 Å². The van der Waals surface area contributed by atoms with Crippen molar-refractivity contribution < 1.29 is 5.11 Å². The van der Waals surface area contributed by atoms with Gasteiger partial charge in [-0.1, -0.05) is 0 Å². The number of rotatable bonds is 1. The fourth-order valence-electron chi connectivity index (χ4n) is 1.72. The Morgan fingerprint density at radius 3 is 2.86 bits per heavy atom. The van der Waals surface area contributed by atoms with Crippen LogP contribution in [-0.4, -0.2) is 21.4 Å². The zero-order chi connectivity index (χ0) is 8.55. The van der Waals surface area contributed by atoms with Gasteiger partial charge in [0.25, 0.3) is 0 Å². The van der Waals surface area contributed by atoms with Crippen molar-refractivity contribution in [3.8, 4) is 0 Å². The molecule has 0 radical (unpaired) electrons. The summed E-state index contributed by atoms with van der Waals surface area (Å²) in [5.74, 6) is 0. The molecule has 2 N–H and O–H groups in total. The molecule has 0 fully saturated rings. The molecule has 0 saturated heterocycles. The summed E-state index contributed by atoms with van der Waals surface area (Å²) in [6.45, 7) is 1.92. The smallest absolute Gasteiger partial charge is 0.0914 e. The van der Waals surface area contributed by atoms with Gasteiger partial charge in [0, 0.05) is 19.2 Å². The van der Waals surface area contributed by atoms with Gasteiger partial charge in [-0.3, -0.25) is 4.68 Å². The highest BCUT2D eigenvalue weighted by atomic mass is 35.5. The molecule has 6 heteroatoms. The van der Waals surface area contributed by atoms with Crippen molar-refractivity contribution >= 4 is 24.8 Å². The largest absolute Gasteiger partial charge is 0.390 e. The lowest BCUT2D eigenvalue weighted by Crippen LogP contribution is -2.25. The van der Waals surface area contributed by atoms with E-state index in [9.17, 15) is 0 Å². The molecule has 0 aromatic carbocycles. The molecule has 0 amide bonds. The zero-order valence-electron chi connectivity index (χ0n) is 7.99. The van der Waals surface area contributed by atoms with E-state index in [0.717, 1.165) is 25.2 Å². The Bertz CT molecular complexity index is 301. The number of nitrogens with one attached hydrogen (secondary N) is 1. The highest BCUT2D eigenvalue weighted by Crippen LogP contribution is 2.17. The Balaban J connectivity index is 0.000000845. The first-order valence-electron chi connectivity index (χ1n) is 4.18. The molecule has 0 bridgehead atoms. The first-order valence-corrected chi connectivity index (χ1v) is 4.18. The fourth-order valence-corrected chi connectivity index (χ4v) is 1.72. The number of nitrogens with zero attached hydrogens (tertiary/aromatic N) is 2. The summed E-state index contributed by atoms with van der Waals surface area (Å²) >= 11 is 0. The molecule has 0 atom stereocenters. The maximum Gasteiger partial charge on any atom is 0.0914 e. The minimum atomic E-state index is 0. The normalized spacial score (nSPS) is 13.9. The van der Waals surface area contributed by atoms with Crippen molar-refractivity contribution in [1.29, 1.82) is 0 Å². The summed E-state index contributed by atoms with van der Waals surface area (Å²) in [6.07, 6.45) is 0.985. The van der Waals surface area contributed by atoms with E-state index in [-0.39, 0.29) is 31.4 Å². The zero-order valence-corrected chi connectivity index (χ0v) is 9.62. The third-order valence-electron chi connectivity index (χ3n) is 2.35. The second-order valence-corrected chi connectivity index (χ2v) is 3.08. The summed E-state index contributed by atoms with van der Waals surface area (Å²) in [5.41, 5.74) is 3.29. The van der Waals surface area contributed by atoms with Gasteiger partial charge in [-0.05, 0) is 13.0 Å². The van der Waals surface area contributed by atoms with Crippen LogP contribution < -0.4 is 5.32 Å². The van der Waals surface area contributed by atoms with Gasteiger partial charge in [0.1, 0.15) is 0 Å². The second kappa shape index (κ2) is 5.56. The number of aromatic nitrogens is 2. The first-order chi connectivity index (χ1) is 5.83. The molecular weight excluding hydrogens is 225 g/mol. The molecule has 0 unspecified atom stereocenters. The predicted molar refractivity (Wildman–Crippen MR) is 59.0 cm³/mol. The predicted octanol–water partition coefficient (Wildman–Crippen LogP) is 0.402. The van der Waals surface area contributed by atoms with Crippen molar-refractivity contribution in [3.63, 3.8) is 0 Å². The van der Waals surface area contributed by atoms with Gasteiger partial charge in [-0.25, -0.2) is 0 Å². The van der Waals surface area contributed by atoms with E-state index in [1.54, 1.807) is 0 Å². The molecule has 1 aromatic heterocycles. The summed E-state index contributed by atoms with van der Waals surface area (Å²) in [7, 11) is 1.92. The quantitative estimate of drug-likeness (QED) is 0.747. The number of halogens is 2. The average molecular weight is 240 g/mol. The van der Waals surface area contributed by atoms with E-state index in [1.807, 2.05) is 11.7 Å². The van der Waals surface area contributed by atoms with Crippen LogP contribution in [0.1, 0.15) is 17.0 Å². The Morgan fingerprint density at radius 2 is 2.21 bits per heavy atom. The van der Waals surface area contributed by atoms with Crippen molar-refractivity contribution in [2.24, 2.45) is 7.05 Å². The van der Waals surface area contributed by atoms with Gasteiger partial charge in [-0.2, -0.15) is 5.10 Å². The molecule has 0 saturated carbocycles. The van der Waals surface area contributed by atoms with Crippen molar-refractivity contribution in [1.82, 2.24) is 15.1 Å². The lowest BCUT2D eigenvalue weighted by atomic mass is 10.1. The number of fused-ring (bicyclic) bond motifs is 1. The lowest BCUT2D eigenvalue weighted by Gasteiger charge is -2.13. The third kappa shape index (κ3) is 2.20. The molecule has 0 spiro atoms. The highest BCUT2D eigenvalue weighted by Gasteiger charge is 2.17. The second-order valence-electron chi connectivity index (χ2n) is 3.08. The number of aliphatic hydroxyl groups is 1. The Morgan fingerprint density at radius 1 is 1.50 bits per heavy atom. The third-order valence-corrected chi connectivity index (χ3v) is 2.35. The van der Waals surface area contributed by atoms with Gasteiger partial charge < -0.3 is 10.4 Å². The summed E-state index contributed by atoms with van der Waals surface area (Å²) in [6, 6.07) is 0. The SMILES string of the molecule is Cl.Cl.Cn1nc(CO)c2c1CNCC2. The summed E-state index contributed by atoms with van der Waals surface area (Å²) < 4.78 is 1.85. The van der Waals surface area contributed by atoms with Gasteiger partial charge in [0.05, 0.1) is 18.0 Å². The number of hydrogen-bond donors (Lipinski definition) is 2. The molecule has 1 aliphatic heterocycles. The highest BCUT2D eigenvalue weighted by molar-refractivity contribution is 5.85. The van der Waals surface area contributed by atoms with E-state index in [2.05, 4.69) is 10.4 Å². The van der Waals surface area contributed by atoms with Crippen LogP contribution in [-0.2, 0) is 26.6 Å². The van der Waals surface area contributed by atoms with Crippen LogP contribution in [0.25, 0.3) is 0 Å². The first kappa shape index (κ1) is 13.7. The van der Waals surface area contributed by atoms with Crippen LogP contribution in [0.2, 0.25) is 0 Å². The summed E-state index contributed by atoms with van der Waals surface area (Å²) in [4.78, 5) is 0. The number of hydrogen-bond acceptors (Lipinski definition) is 3. The van der Waals surface area contributed by atoms with Crippen LogP contribution in [0.15, 0.2) is 0 Å². The van der Waals surface area contributed by atoms with Crippen LogP contribution in [0.3, 0.4) is 0 Å². The van der Waals surface area contributed by atoms with Crippen molar-refractivity contribution in [2.75, 3.05) is 6.54 Å². The molecule has 82 valence electrons. The molecule has 2 heterocycles. The van der Waals surface area contributed by atoms with E-state index < -0.39 is 0 Å². The summed E-state index contributed by atoms with van der Waals surface area (Å²) in [5, 5.41) is 16.5. The van der Waals surface area contributed by atoms with Crippen molar-refractivity contribution in [2.45, 2.75) is 19.6 Å². The van der Waals surface area contributed by atoms with E-state index >= 15 is 0 Å². The van der Waals surface area contributed by atoms with Crippen LogP contribution >= 0.6 is 24.8 Å². The number of aliphatic hydroxyl groups excluding tert-OH is 1. The molecule has 0 aliphatic carbocycles. The van der Waals surface area contributed by atoms with E-state index in [0.29, 0.717) is 0 Å². The van der Waals surface area contributed by atoms with Gasteiger partial charge in [0.2, 0.25) is 0 Å². The standard InChI is InChI=1S/C8H13N3O.2ClH/c1-11-8-4-9-3-2-6(8)7(5-12)10-11;;/h9,12H,2-5H2,1H3;2*1H. The van der Waals surface area contributed by atoms with Crippen LogP contribution in [0, 0.1) is 0 Å². The fraction of sp³-hybridized carbons (Fsp3) is 0.625. The maximum absolute atomic E-state index is 9.01. The Kier molecular flexibility index (Phi) is 5.44. The van der Waals surface area contributed by atoms with Gasteiger partial charge >= 0.3 is 0 Å². The van der Waals surface area contributed by atoms with Crippen LogP contribution in [0.5, 0.6) is 0 Å². The minimum absolute atomic E-state index is 0. The number of aryl methyl sites for hydroxylation is 1. The van der Waals surface area contributed by atoms with E-state index in [4.69, 9.17) is 5.11 Å². The van der Waals surface area contributed by atoms with E-state index in [1.165, 1.54) is 11.3 Å². The Labute approximate surface area is 95.5 Å². The molecule has 1 aromatic rings. The molecule has 4 nitrogen and oxygen atoms in total. The van der Waals surface area contributed by atoms with Gasteiger partial charge in [-0.15, -0.1) is 24.8 Å². The monoisotopic (exact) mass is 239 g/mol. The molecule has 1 aliphatic rings. The molecule has 14 heavy (non-hydrogen) atoms. The average Bonchev–Trinajstić information content (AvgIpc) is 2.44. The van der Waals surface area contributed by atoms with Gasteiger partial charge in [0.15, 0.2) is 0 Å².